The van der Waals surface area contributed by atoms with Gasteiger partial charge in [0.15, 0.2) is 0 Å². The first-order chi connectivity index (χ1) is 7.77. The van der Waals surface area contributed by atoms with Crippen LogP contribution in [0.2, 0.25) is 0 Å². The Kier molecular flexibility index (Phi) is 4.02. The molecule has 0 bridgehead atoms. The zero-order chi connectivity index (χ0) is 11.4. The summed E-state index contributed by atoms with van der Waals surface area (Å²) in [5, 5.41) is 0. The van der Waals surface area contributed by atoms with Crippen molar-refractivity contribution < 1.29 is 0 Å². The number of nitrogens with one attached hydrogen (secondary N) is 1. The fourth-order valence-electron chi connectivity index (χ4n) is 2.67. The Morgan fingerprint density at radius 1 is 1.44 bits per heavy atom. The minimum atomic E-state index is 0.377. The first kappa shape index (κ1) is 11.7. The van der Waals surface area contributed by atoms with Crippen molar-refractivity contribution in [1.82, 2.24) is 9.88 Å². The molecule has 1 aromatic rings. The SMILES string of the molecule is CN(CCc1ccc[nH]1)C1CCCCC1N. The Balaban J connectivity index is 1.80. The summed E-state index contributed by atoms with van der Waals surface area (Å²) in [6, 6.07) is 5.17. The molecule has 3 nitrogen and oxygen atoms in total. The molecule has 1 heterocycles. The molecule has 3 heteroatoms. The summed E-state index contributed by atoms with van der Waals surface area (Å²) in [6.07, 6.45) is 8.18. The summed E-state index contributed by atoms with van der Waals surface area (Å²) in [7, 11) is 2.21. The summed E-state index contributed by atoms with van der Waals surface area (Å²) in [5.41, 5.74) is 7.50. The lowest BCUT2D eigenvalue weighted by Gasteiger charge is -2.36. The molecule has 1 aliphatic rings. The van der Waals surface area contributed by atoms with Crippen molar-refractivity contribution in [3.8, 4) is 0 Å². The molecule has 0 aliphatic heterocycles. The Bertz CT molecular complexity index is 294. The number of nitrogens with two attached hydrogens (primary N) is 1. The van der Waals surface area contributed by atoms with Gasteiger partial charge in [-0.15, -0.1) is 0 Å². The van der Waals surface area contributed by atoms with Crippen molar-refractivity contribution >= 4 is 0 Å². The number of aromatic nitrogens is 1. The molecule has 0 amide bonds. The van der Waals surface area contributed by atoms with Crippen LogP contribution >= 0.6 is 0 Å². The van der Waals surface area contributed by atoms with Gasteiger partial charge in [0.2, 0.25) is 0 Å². The maximum atomic E-state index is 6.18. The lowest BCUT2D eigenvalue weighted by molar-refractivity contribution is 0.170. The topological polar surface area (TPSA) is 45.0 Å². The molecule has 16 heavy (non-hydrogen) atoms. The Morgan fingerprint density at radius 2 is 2.25 bits per heavy atom. The summed E-state index contributed by atoms with van der Waals surface area (Å²) in [4.78, 5) is 5.68. The van der Waals surface area contributed by atoms with E-state index in [1.165, 1.54) is 31.4 Å². The third-order valence-corrected chi connectivity index (χ3v) is 3.74. The molecule has 1 saturated carbocycles. The van der Waals surface area contributed by atoms with Crippen LogP contribution in [0.25, 0.3) is 0 Å². The second-order valence-electron chi connectivity index (χ2n) is 4.94. The van der Waals surface area contributed by atoms with E-state index in [0.717, 1.165) is 13.0 Å². The highest BCUT2D eigenvalue weighted by Gasteiger charge is 2.24. The van der Waals surface area contributed by atoms with Gasteiger partial charge >= 0.3 is 0 Å². The molecule has 2 rings (SSSR count). The van der Waals surface area contributed by atoms with Crippen LogP contribution in [0.4, 0.5) is 0 Å². The minimum absolute atomic E-state index is 0.377. The molecule has 0 aromatic carbocycles. The highest BCUT2D eigenvalue weighted by molar-refractivity contribution is 5.04. The molecule has 3 N–H and O–H groups in total. The summed E-state index contributed by atoms with van der Waals surface area (Å²) in [6.45, 7) is 1.10. The Labute approximate surface area is 98.0 Å². The van der Waals surface area contributed by atoms with Crippen molar-refractivity contribution in [1.29, 1.82) is 0 Å². The van der Waals surface area contributed by atoms with E-state index in [2.05, 4.69) is 29.1 Å². The number of nitrogens with zero attached hydrogens (tertiary/aromatic N) is 1. The van der Waals surface area contributed by atoms with E-state index in [9.17, 15) is 0 Å². The Morgan fingerprint density at radius 3 is 2.94 bits per heavy atom. The normalized spacial score (nSPS) is 26.2. The summed E-state index contributed by atoms with van der Waals surface area (Å²) in [5.74, 6) is 0. The number of rotatable bonds is 4. The first-order valence-electron chi connectivity index (χ1n) is 6.35. The molecular weight excluding hydrogens is 198 g/mol. The van der Waals surface area contributed by atoms with Gasteiger partial charge in [-0.1, -0.05) is 12.8 Å². The van der Waals surface area contributed by atoms with E-state index in [-0.39, 0.29) is 0 Å². The first-order valence-corrected chi connectivity index (χ1v) is 6.35. The van der Waals surface area contributed by atoms with E-state index >= 15 is 0 Å². The quantitative estimate of drug-likeness (QED) is 0.813. The third-order valence-electron chi connectivity index (χ3n) is 3.74. The average Bonchev–Trinajstić information content (AvgIpc) is 2.79. The van der Waals surface area contributed by atoms with Gasteiger partial charge in [0.1, 0.15) is 0 Å². The molecule has 2 atom stereocenters. The molecular formula is C13H23N3. The molecule has 0 radical (unpaired) electrons. The van der Waals surface area contributed by atoms with Crippen molar-refractivity contribution in [2.75, 3.05) is 13.6 Å². The van der Waals surface area contributed by atoms with Crippen molar-refractivity contribution in [2.45, 2.75) is 44.2 Å². The zero-order valence-corrected chi connectivity index (χ0v) is 10.2. The van der Waals surface area contributed by atoms with Crippen LogP contribution in [0.15, 0.2) is 18.3 Å². The van der Waals surface area contributed by atoms with Gasteiger partial charge in [0, 0.05) is 36.9 Å². The molecule has 1 fully saturated rings. The fourth-order valence-corrected chi connectivity index (χ4v) is 2.67. The van der Waals surface area contributed by atoms with E-state index in [0.29, 0.717) is 12.1 Å². The van der Waals surface area contributed by atoms with Crippen molar-refractivity contribution in [3.05, 3.63) is 24.0 Å². The molecule has 90 valence electrons. The van der Waals surface area contributed by atoms with Gasteiger partial charge in [0.05, 0.1) is 0 Å². The number of hydrogen-bond donors (Lipinski definition) is 2. The van der Waals surface area contributed by atoms with Crippen LogP contribution in [-0.4, -0.2) is 35.6 Å². The molecule has 0 spiro atoms. The lowest BCUT2D eigenvalue weighted by atomic mass is 9.90. The Hall–Kier alpha value is -0.800. The van der Waals surface area contributed by atoms with Crippen LogP contribution in [0.3, 0.4) is 0 Å². The van der Waals surface area contributed by atoms with E-state index < -0.39 is 0 Å². The van der Waals surface area contributed by atoms with Crippen LogP contribution in [0.1, 0.15) is 31.4 Å². The van der Waals surface area contributed by atoms with Gasteiger partial charge in [-0.05, 0) is 32.0 Å². The molecule has 1 aromatic heterocycles. The summed E-state index contributed by atoms with van der Waals surface area (Å²) >= 11 is 0. The predicted octanol–water partition coefficient (Wildman–Crippen LogP) is 1.76. The minimum Gasteiger partial charge on any atom is -0.365 e. The second kappa shape index (κ2) is 5.51. The highest BCUT2D eigenvalue weighted by atomic mass is 15.1. The number of aromatic amines is 1. The number of H-pyrrole nitrogens is 1. The average molecular weight is 221 g/mol. The van der Waals surface area contributed by atoms with Gasteiger partial charge in [0.25, 0.3) is 0 Å². The molecule has 1 aliphatic carbocycles. The molecule has 2 unspecified atom stereocenters. The highest BCUT2D eigenvalue weighted by Crippen LogP contribution is 2.21. The van der Waals surface area contributed by atoms with Crippen molar-refractivity contribution in [2.24, 2.45) is 5.73 Å². The van der Waals surface area contributed by atoms with Gasteiger partial charge in [-0.25, -0.2) is 0 Å². The standard InChI is InChI=1S/C13H23N3/c1-16(10-8-11-5-4-9-15-11)13-7-3-2-6-12(13)14/h4-5,9,12-13,15H,2-3,6-8,10,14H2,1H3. The van der Waals surface area contributed by atoms with Gasteiger partial charge < -0.3 is 15.6 Å². The van der Waals surface area contributed by atoms with Gasteiger partial charge in [-0.3, -0.25) is 0 Å². The second-order valence-corrected chi connectivity index (χ2v) is 4.94. The fraction of sp³-hybridized carbons (Fsp3) is 0.692. The van der Waals surface area contributed by atoms with E-state index in [1.54, 1.807) is 0 Å². The monoisotopic (exact) mass is 221 g/mol. The van der Waals surface area contributed by atoms with Crippen molar-refractivity contribution in [3.63, 3.8) is 0 Å². The van der Waals surface area contributed by atoms with Gasteiger partial charge in [-0.2, -0.15) is 0 Å². The van der Waals surface area contributed by atoms with Crippen LogP contribution in [-0.2, 0) is 6.42 Å². The predicted molar refractivity (Wildman–Crippen MR) is 67.4 cm³/mol. The summed E-state index contributed by atoms with van der Waals surface area (Å²) < 4.78 is 0. The van der Waals surface area contributed by atoms with Crippen LogP contribution < -0.4 is 5.73 Å². The largest absolute Gasteiger partial charge is 0.365 e. The zero-order valence-electron chi connectivity index (χ0n) is 10.2. The third kappa shape index (κ3) is 2.86. The number of likely N-dealkylation sites (N-methyl/N-ethyl adjacent to an activating group) is 1. The lowest BCUT2D eigenvalue weighted by Crippen LogP contribution is -2.48. The number of hydrogen-bond acceptors (Lipinski definition) is 2. The maximum Gasteiger partial charge on any atom is 0.0244 e. The van der Waals surface area contributed by atoms with Crippen LogP contribution in [0.5, 0.6) is 0 Å². The van der Waals surface area contributed by atoms with E-state index in [4.69, 9.17) is 5.73 Å². The van der Waals surface area contributed by atoms with E-state index in [1.807, 2.05) is 6.20 Å². The molecule has 0 saturated heterocycles. The van der Waals surface area contributed by atoms with Crippen LogP contribution in [0, 0.1) is 0 Å². The maximum absolute atomic E-state index is 6.18. The smallest absolute Gasteiger partial charge is 0.0244 e.